The third-order valence-electron chi connectivity index (χ3n) is 2.62. The first-order valence-electron chi connectivity index (χ1n) is 5.23. The average molecular weight is 223 g/mol. The molecule has 3 rings (SSSR count). The van der Waals surface area contributed by atoms with Crippen LogP contribution in [0.1, 0.15) is 16.1 Å². The standard InChI is InChI=1S/C13H9N3O/c17-13(11-7-14-8-16-11)10-5-1-3-9-4-2-6-15-12(9)10/h1-8H,(H,14,16). The molecule has 0 radical (unpaired) electrons. The van der Waals surface area contributed by atoms with Crippen LogP contribution >= 0.6 is 0 Å². The van der Waals surface area contributed by atoms with E-state index in [-0.39, 0.29) is 5.78 Å². The lowest BCUT2D eigenvalue weighted by Gasteiger charge is -2.02. The largest absolute Gasteiger partial charge is 0.342 e. The van der Waals surface area contributed by atoms with Crippen LogP contribution in [0.5, 0.6) is 0 Å². The van der Waals surface area contributed by atoms with Crippen LogP contribution in [0, 0.1) is 0 Å². The summed E-state index contributed by atoms with van der Waals surface area (Å²) in [6, 6.07) is 9.36. The molecule has 82 valence electrons. The van der Waals surface area contributed by atoms with Crippen LogP contribution in [-0.4, -0.2) is 20.7 Å². The van der Waals surface area contributed by atoms with Crippen LogP contribution < -0.4 is 0 Å². The number of carbonyl (C=O) groups is 1. The number of fused-ring (bicyclic) bond motifs is 1. The third-order valence-corrected chi connectivity index (χ3v) is 2.62. The number of hydrogen-bond donors (Lipinski definition) is 1. The van der Waals surface area contributed by atoms with Gasteiger partial charge in [-0.05, 0) is 12.1 Å². The van der Waals surface area contributed by atoms with Crippen molar-refractivity contribution in [3.8, 4) is 0 Å². The molecule has 4 heteroatoms. The minimum Gasteiger partial charge on any atom is -0.342 e. The van der Waals surface area contributed by atoms with Crippen molar-refractivity contribution in [2.75, 3.05) is 0 Å². The zero-order chi connectivity index (χ0) is 11.7. The average Bonchev–Trinajstić information content (AvgIpc) is 2.91. The fraction of sp³-hybridized carbons (Fsp3) is 0. The molecule has 0 aliphatic rings. The highest BCUT2D eigenvalue weighted by atomic mass is 16.1. The Morgan fingerprint density at radius 1 is 1.18 bits per heavy atom. The van der Waals surface area contributed by atoms with Gasteiger partial charge in [0.2, 0.25) is 5.78 Å². The summed E-state index contributed by atoms with van der Waals surface area (Å²) in [5.41, 5.74) is 1.78. The molecule has 0 bridgehead atoms. The summed E-state index contributed by atoms with van der Waals surface area (Å²) in [6.07, 6.45) is 4.70. The molecular weight excluding hydrogens is 214 g/mol. The first-order valence-corrected chi connectivity index (χ1v) is 5.23. The summed E-state index contributed by atoms with van der Waals surface area (Å²) >= 11 is 0. The monoisotopic (exact) mass is 223 g/mol. The van der Waals surface area contributed by atoms with Crippen molar-refractivity contribution < 1.29 is 4.79 Å². The number of aromatic amines is 1. The summed E-state index contributed by atoms with van der Waals surface area (Å²) < 4.78 is 0. The number of ketones is 1. The number of rotatable bonds is 2. The Morgan fingerprint density at radius 3 is 2.88 bits per heavy atom. The molecule has 0 saturated carbocycles. The van der Waals surface area contributed by atoms with Crippen LogP contribution in [-0.2, 0) is 0 Å². The number of nitrogens with zero attached hydrogens (tertiary/aromatic N) is 2. The van der Waals surface area contributed by atoms with Gasteiger partial charge in [0, 0.05) is 11.6 Å². The van der Waals surface area contributed by atoms with E-state index in [1.807, 2.05) is 24.3 Å². The second-order valence-corrected chi connectivity index (χ2v) is 3.68. The quantitative estimate of drug-likeness (QED) is 0.677. The lowest BCUT2D eigenvalue weighted by molar-refractivity contribution is 0.103. The lowest BCUT2D eigenvalue weighted by atomic mass is 10.0. The molecular formula is C13H9N3O. The molecule has 0 saturated heterocycles. The normalized spacial score (nSPS) is 10.6. The first-order chi connectivity index (χ1) is 8.36. The van der Waals surface area contributed by atoms with Crippen molar-refractivity contribution in [2.24, 2.45) is 0 Å². The minimum atomic E-state index is -0.0909. The minimum absolute atomic E-state index is 0.0909. The van der Waals surface area contributed by atoms with Gasteiger partial charge in [-0.3, -0.25) is 9.78 Å². The fourth-order valence-electron chi connectivity index (χ4n) is 1.81. The number of pyridine rings is 1. The highest BCUT2D eigenvalue weighted by Gasteiger charge is 2.13. The molecule has 0 aliphatic carbocycles. The maximum absolute atomic E-state index is 12.2. The zero-order valence-corrected chi connectivity index (χ0v) is 8.92. The summed E-state index contributed by atoms with van der Waals surface area (Å²) in [4.78, 5) is 23.1. The predicted octanol–water partition coefficient (Wildman–Crippen LogP) is 2.19. The molecule has 0 aliphatic heterocycles. The smallest absolute Gasteiger partial charge is 0.212 e. The van der Waals surface area contributed by atoms with E-state index < -0.39 is 0 Å². The lowest BCUT2D eigenvalue weighted by Crippen LogP contribution is -2.03. The van der Waals surface area contributed by atoms with E-state index in [2.05, 4.69) is 15.0 Å². The van der Waals surface area contributed by atoms with Gasteiger partial charge in [-0.15, -0.1) is 0 Å². The Morgan fingerprint density at radius 2 is 2.06 bits per heavy atom. The molecule has 0 unspecified atom stereocenters. The number of aromatic nitrogens is 3. The van der Waals surface area contributed by atoms with Gasteiger partial charge in [-0.25, -0.2) is 4.98 Å². The topological polar surface area (TPSA) is 58.6 Å². The van der Waals surface area contributed by atoms with E-state index in [0.717, 1.165) is 10.9 Å². The van der Waals surface area contributed by atoms with E-state index in [4.69, 9.17) is 0 Å². The molecule has 0 fully saturated rings. The van der Waals surface area contributed by atoms with Gasteiger partial charge < -0.3 is 4.98 Å². The summed E-state index contributed by atoms with van der Waals surface area (Å²) in [7, 11) is 0. The number of nitrogens with one attached hydrogen (secondary N) is 1. The van der Waals surface area contributed by atoms with Crippen molar-refractivity contribution in [2.45, 2.75) is 0 Å². The second kappa shape index (κ2) is 3.83. The highest BCUT2D eigenvalue weighted by Crippen LogP contribution is 2.18. The van der Waals surface area contributed by atoms with Gasteiger partial charge in [-0.1, -0.05) is 18.2 Å². The second-order valence-electron chi connectivity index (χ2n) is 3.68. The van der Waals surface area contributed by atoms with Gasteiger partial charge >= 0.3 is 0 Å². The Hall–Kier alpha value is -2.49. The molecule has 3 aromatic rings. The van der Waals surface area contributed by atoms with Gasteiger partial charge in [-0.2, -0.15) is 0 Å². The van der Waals surface area contributed by atoms with Crippen LogP contribution in [0.15, 0.2) is 49.1 Å². The van der Waals surface area contributed by atoms with Crippen LogP contribution in [0.2, 0.25) is 0 Å². The van der Waals surface area contributed by atoms with Crippen molar-refractivity contribution in [3.63, 3.8) is 0 Å². The SMILES string of the molecule is O=C(c1cnc[nH]1)c1cccc2cccnc12. The molecule has 0 amide bonds. The molecule has 2 heterocycles. The van der Waals surface area contributed by atoms with E-state index in [1.54, 1.807) is 12.3 Å². The van der Waals surface area contributed by atoms with Crippen molar-refractivity contribution in [3.05, 3.63) is 60.3 Å². The van der Waals surface area contributed by atoms with E-state index in [9.17, 15) is 4.79 Å². The Labute approximate surface area is 97.3 Å². The van der Waals surface area contributed by atoms with E-state index in [0.29, 0.717) is 11.3 Å². The van der Waals surface area contributed by atoms with Gasteiger partial charge in [0.05, 0.1) is 23.6 Å². The molecule has 2 aromatic heterocycles. The molecule has 1 aromatic carbocycles. The summed E-state index contributed by atoms with van der Waals surface area (Å²) in [5.74, 6) is -0.0909. The molecule has 0 atom stereocenters. The Kier molecular flexibility index (Phi) is 2.19. The number of imidazole rings is 1. The number of H-pyrrole nitrogens is 1. The summed E-state index contributed by atoms with van der Waals surface area (Å²) in [6.45, 7) is 0. The Bertz CT molecular complexity index is 669. The van der Waals surface area contributed by atoms with E-state index in [1.165, 1.54) is 12.5 Å². The predicted molar refractivity (Wildman–Crippen MR) is 63.8 cm³/mol. The third kappa shape index (κ3) is 1.59. The highest BCUT2D eigenvalue weighted by molar-refractivity contribution is 6.14. The Balaban J connectivity index is 2.21. The number of carbonyl (C=O) groups excluding carboxylic acids is 1. The van der Waals surface area contributed by atoms with Gasteiger partial charge in [0.1, 0.15) is 5.69 Å². The van der Waals surface area contributed by atoms with Crippen LogP contribution in [0.3, 0.4) is 0 Å². The van der Waals surface area contributed by atoms with Crippen molar-refractivity contribution in [1.29, 1.82) is 0 Å². The van der Waals surface area contributed by atoms with Crippen LogP contribution in [0.4, 0.5) is 0 Å². The molecule has 17 heavy (non-hydrogen) atoms. The maximum Gasteiger partial charge on any atom is 0.212 e. The number of para-hydroxylation sites is 1. The van der Waals surface area contributed by atoms with Crippen molar-refractivity contribution in [1.82, 2.24) is 15.0 Å². The van der Waals surface area contributed by atoms with Gasteiger partial charge in [0.25, 0.3) is 0 Å². The zero-order valence-electron chi connectivity index (χ0n) is 8.92. The molecule has 0 spiro atoms. The molecule has 4 nitrogen and oxygen atoms in total. The fourth-order valence-corrected chi connectivity index (χ4v) is 1.81. The first kappa shape index (κ1) is 9.72. The van der Waals surface area contributed by atoms with Crippen molar-refractivity contribution >= 4 is 16.7 Å². The number of benzene rings is 1. The summed E-state index contributed by atoms with van der Waals surface area (Å²) in [5, 5.41) is 0.956. The van der Waals surface area contributed by atoms with Crippen LogP contribution in [0.25, 0.3) is 10.9 Å². The molecule has 1 N–H and O–H groups in total. The van der Waals surface area contributed by atoms with E-state index >= 15 is 0 Å². The maximum atomic E-state index is 12.2. The number of hydrogen-bond acceptors (Lipinski definition) is 3. The van der Waals surface area contributed by atoms with Gasteiger partial charge in [0.15, 0.2) is 0 Å².